The second-order valence-electron chi connectivity index (χ2n) is 11.1. The molecule has 1 N–H and O–H groups in total. The van der Waals surface area contributed by atoms with E-state index >= 15 is 4.39 Å². The molecule has 0 unspecified atom stereocenters. The van der Waals surface area contributed by atoms with Gasteiger partial charge in [0.05, 0.1) is 15.6 Å². The summed E-state index contributed by atoms with van der Waals surface area (Å²) in [6.07, 6.45) is 4.12. The molecule has 1 fully saturated rings. The molecule has 6 rings (SSSR count). The fraction of sp³-hybridized carbons (Fsp3) is 0.250. The van der Waals surface area contributed by atoms with Crippen LogP contribution in [0.3, 0.4) is 0 Å². The van der Waals surface area contributed by atoms with Crippen molar-refractivity contribution in [1.29, 1.82) is 0 Å². The zero-order valence-electron chi connectivity index (χ0n) is 24.1. The molecule has 218 valence electrons. The van der Waals surface area contributed by atoms with Crippen molar-refractivity contribution in [2.75, 3.05) is 6.54 Å². The van der Waals surface area contributed by atoms with Gasteiger partial charge in [0.15, 0.2) is 23.1 Å². The number of rotatable bonds is 13. The lowest BCUT2D eigenvalue weighted by atomic mass is 9.88. The number of carbonyl (C=O) groups excluding carboxylic acids is 2. The zero-order valence-corrected chi connectivity index (χ0v) is 24.9. The summed E-state index contributed by atoms with van der Waals surface area (Å²) in [4.78, 5) is 31.7. The number of hydrogen-bond acceptors (Lipinski definition) is 6. The molecule has 3 aromatic carbocycles. The Morgan fingerprint density at radius 1 is 0.884 bits per heavy atom. The molecule has 0 saturated heterocycles. The van der Waals surface area contributed by atoms with E-state index in [0.717, 1.165) is 45.7 Å². The number of nitrogens with one attached hydrogen (secondary N) is 1. The number of hydrogen-bond donors (Lipinski definition) is 1. The van der Waals surface area contributed by atoms with E-state index in [0.29, 0.717) is 24.2 Å². The highest BCUT2D eigenvalue weighted by molar-refractivity contribution is 7.22. The fourth-order valence-electron chi connectivity index (χ4n) is 5.33. The molecular weight excluding hydrogens is 559 g/mol. The van der Waals surface area contributed by atoms with Crippen LogP contribution in [-0.2, 0) is 29.0 Å². The Balaban J connectivity index is 1.14. The molecule has 5 aromatic rings. The molecule has 1 saturated carbocycles. The summed E-state index contributed by atoms with van der Waals surface area (Å²) in [5.41, 5.74) is 3.59. The van der Waals surface area contributed by atoms with Gasteiger partial charge in [-0.3, -0.25) is 14.6 Å². The fourth-order valence-corrected chi connectivity index (χ4v) is 6.40. The summed E-state index contributed by atoms with van der Waals surface area (Å²) in [6, 6.07) is 26.3. The van der Waals surface area contributed by atoms with Crippen molar-refractivity contribution in [1.82, 2.24) is 10.3 Å². The van der Waals surface area contributed by atoms with Crippen molar-refractivity contribution < 1.29 is 18.7 Å². The van der Waals surface area contributed by atoms with Crippen LogP contribution >= 0.6 is 11.3 Å². The van der Waals surface area contributed by atoms with E-state index in [1.807, 2.05) is 36.4 Å². The lowest BCUT2D eigenvalue weighted by Crippen LogP contribution is -2.28. The maximum absolute atomic E-state index is 15.2. The Bertz CT molecular complexity index is 1760. The van der Waals surface area contributed by atoms with E-state index in [1.165, 1.54) is 11.6 Å². The molecule has 43 heavy (non-hydrogen) atoms. The first-order valence-electron chi connectivity index (χ1n) is 14.7. The van der Waals surface area contributed by atoms with Crippen molar-refractivity contribution >= 4 is 33.1 Å². The van der Waals surface area contributed by atoms with E-state index < -0.39 is 11.2 Å². The molecular formula is C36H33FN2O3S. The third-order valence-corrected chi connectivity index (χ3v) is 9.16. The first kappa shape index (κ1) is 28.9. The van der Waals surface area contributed by atoms with Gasteiger partial charge < -0.3 is 10.1 Å². The number of pyridine rings is 1. The number of benzene rings is 3. The highest BCUT2D eigenvalue weighted by atomic mass is 32.1. The van der Waals surface area contributed by atoms with Crippen LogP contribution < -0.4 is 10.1 Å². The Labute approximate surface area is 254 Å². The van der Waals surface area contributed by atoms with Gasteiger partial charge in [0, 0.05) is 36.5 Å². The minimum Gasteiger partial charge on any atom is -0.453 e. The monoisotopic (exact) mass is 592 g/mol. The molecule has 2 aromatic heterocycles. The zero-order chi connectivity index (χ0) is 29.8. The van der Waals surface area contributed by atoms with E-state index in [1.54, 1.807) is 35.7 Å². The molecule has 0 aliphatic heterocycles. The number of fused-ring (bicyclic) bond motifs is 1. The number of halogens is 1. The van der Waals surface area contributed by atoms with Crippen LogP contribution in [0.5, 0.6) is 11.5 Å². The smallest absolute Gasteiger partial charge is 0.166 e. The van der Waals surface area contributed by atoms with E-state index in [9.17, 15) is 9.59 Å². The average Bonchev–Trinajstić information content (AvgIpc) is 3.72. The summed E-state index contributed by atoms with van der Waals surface area (Å²) in [7, 11) is 0. The first-order chi connectivity index (χ1) is 20.9. The van der Waals surface area contributed by atoms with Gasteiger partial charge in [-0.05, 0) is 66.3 Å². The van der Waals surface area contributed by atoms with Gasteiger partial charge in [0.25, 0.3) is 0 Å². The van der Waals surface area contributed by atoms with Gasteiger partial charge in [-0.25, -0.2) is 4.39 Å². The van der Waals surface area contributed by atoms with E-state index in [-0.39, 0.29) is 30.2 Å². The van der Waals surface area contributed by atoms with Crippen LogP contribution in [0.1, 0.15) is 42.9 Å². The maximum atomic E-state index is 15.2. The normalized spacial score (nSPS) is 13.6. The van der Waals surface area contributed by atoms with Gasteiger partial charge in [-0.15, -0.1) is 11.3 Å². The van der Waals surface area contributed by atoms with Gasteiger partial charge in [-0.1, -0.05) is 67.6 Å². The lowest BCUT2D eigenvalue weighted by molar-refractivity contribution is -0.133. The third kappa shape index (κ3) is 6.43. The van der Waals surface area contributed by atoms with Crippen molar-refractivity contribution in [3.05, 3.63) is 114 Å². The van der Waals surface area contributed by atoms with Gasteiger partial charge >= 0.3 is 0 Å². The topological polar surface area (TPSA) is 68.3 Å². The molecule has 0 bridgehead atoms. The Morgan fingerprint density at radius 2 is 1.60 bits per heavy atom. The molecule has 0 radical (unpaired) electrons. The summed E-state index contributed by atoms with van der Waals surface area (Å²) in [5.74, 6) is -0.161. The molecule has 0 amide bonds. The second kappa shape index (κ2) is 12.6. The number of nitrogens with zero attached hydrogens (tertiary/aromatic N) is 1. The lowest BCUT2D eigenvalue weighted by Gasteiger charge is -2.14. The van der Waals surface area contributed by atoms with Crippen molar-refractivity contribution in [3.8, 4) is 21.9 Å². The number of Topliss-reactive ketones (excluding diaryl/α,β-unsaturated/α-hetero) is 2. The van der Waals surface area contributed by atoms with Crippen LogP contribution in [-0.4, -0.2) is 23.1 Å². The number of thiophene rings is 1. The molecule has 1 aliphatic carbocycles. The first-order valence-corrected chi connectivity index (χ1v) is 15.5. The Morgan fingerprint density at radius 3 is 2.30 bits per heavy atom. The second-order valence-corrected chi connectivity index (χ2v) is 12.2. The van der Waals surface area contributed by atoms with Gasteiger partial charge in [0.2, 0.25) is 0 Å². The van der Waals surface area contributed by atoms with Crippen molar-refractivity contribution in [2.45, 2.75) is 45.6 Å². The summed E-state index contributed by atoms with van der Waals surface area (Å²) in [6.45, 7) is 3.98. The minimum absolute atomic E-state index is 0.0129. The standard InChI is InChI=1S/C36H33FN2O3S/c1-2-17-38-23-25-8-11-27(12-9-25)32-22-29-35(43-32)31(14-18-39-29)42-30-13-10-26(19-28(30)37)21-34(41)36(15-16-36)33(40)20-24-6-4-3-5-7-24/h3-14,18-19,22,38H,2,15-17,20-21,23H2,1H3. The Hall–Kier alpha value is -4.20. The number of ketones is 2. The van der Waals surface area contributed by atoms with Crippen molar-refractivity contribution in [3.63, 3.8) is 0 Å². The molecule has 0 atom stereocenters. The van der Waals surface area contributed by atoms with Crippen LogP contribution in [0.15, 0.2) is 91.1 Å². The number of aromatic nitrogens is 1. The van der Waals surface area contributed by atoms with Crippen LogP contribution in [0, 0.1) is 11.2 Å². The molecule has 7 heteroatoms. The average molecular weight is 593 g/mol. The molecule has 1 aliphatic rings. The molecule has 2 heterocycles. The molecule has 0 spiro atoms. The van der Waals surface area contributed by atoms with E-state index in [4.69, 9.17) is 4.74 Å². The SMILES string of the molecule is CCCNCc1ccc(-c2cc3nccc(Oc4ccc(CC(=O)C5(C(=O)Cc6ccccc6)CC5)cc4F)c3s2)cc1. The van der Waals surface area contributed by atoms with Gasteiger partial charge in [0.1, 0.15) is 5.75 Å². The highest BCUT2D eigenvalue weighted by Gasteiger charge is 2.54. The predicted molar refractivity (Wildman–Crippen MR) is 169 cm³/mol. The summed E-state index contributed by atoms with van der Waals surface area (Å²) < 4.78 is 22.1. The number of carbonyl (C=O) groups is 2. The molecule has 5 nitrogen and oxygen atoms in total. The van der Waals surface area contributed by atoms with E-state index in [2.05, 4.69) is 41.5 Å². The Kier molecular flexibility index (Phi) is 8.45. The number of ether oxygens (including phenoxy) is 1. The van der Waals surface area contributed by atoms with Crippen LogP contribution in [0.25, 0.3) is 20.7 Å². The van der Waals surface area contributed by atoms with Crippen molar-refractivity contribution in [2.24, 2.45) is 5.41 Å². The van der Waals surface area contributed by atoms with Crippen LogP contribution in [0.4, 0.5) is 4.39 Å². The quantitative estimate of drug-likeness (QED) is 0.111. The van der Waals surface area contributed by atoms with Gasteiger partial charge in [-0.2, -0.15) is 0 Å². The minimum atomic E-state index is -0.937. The van der Waals surface area contributed by atoms with Crippen LogP contribution in [0.2, 0.25) is 0 Å². The summed E-state index contributed by atoms with van der Waals surface area (Å²) >= 11 is 1.55. The predicted octanol–water partition coefficient (Wildman–Crippen LogP) is 8.10. The maximum Gasteiger partial charge on any atom is 0.166 e. The largest absolute Gasteiger partial charge is 0.453 e. The summed E-state index contributed by atoms with van der Waals surface area (Å²) in [5, 5.41) is 3.42. The third-order valence-electron chi connectivity index (χ3n) is 7.98. The highest BCUT2D eigenvalue weighted by Crippen LogP contribution is 2.49.